The largest absolute Gasteiger partial charge is 0.309 e. The topological polar surface area (TPSA) is 43.6 Å². The van der Waals surface area contributed by atoms with E-state index < -0.39 is 0 Å². The van der Waals surface area contributed by atoms with E-state index in [1.807, 2.05) is 42.5 Å². The molecule has 286 valence electrons. The Morgan fingerprint density at radius 1 is 0.246 bits per heavy atom. The van der Waals surface area contributed by atoms with Gasteiger partial charge in [-0.05, 0) is 63.2 Å². The number of fused-ring (bicyclic) bond motifs is 3. The maximum absolute atomic E-state index is 5.09. The molecule has 0 unspecified atom stereocenters. The Labute approximate surface area is 354 Å². The van der Waals surface area contributed by atoms with Crippen LogP contribution in [0.15, 0.2) is 231 Å². The van der Waals surface area contributed by atoms with Gasteiger partial charge in [-0.3, -0.25) is 0 Å². The summed E-state index contributed by atoms with van der Waals surface area (Å²) in [5.41, 5.74) is 15.6. The molecule has 0 amide bonds. The molecule has 0 aliphatic rings. The number of rotatable bonds is 8. The van der Waals surface area contributed by atoms with Crippen molar-refractivity contribution in [2.75, 3.05) is 0 Å². The summed E-state index contributed by atoms with van der Waals surface area (Å²) >= 11 is 0. The van der Waals surface area contributed by atoms with Gasteiger partial charge in [0.05, 0.1) is 16.7 Å². The summed E-state index contributed by atoms with van der Waals surface area (Å²) in [6.45, 7) is 0. The fraction of sp³-hybridized carbons (Fsp3) is 0. The van der Waals surface area contributed by atoms with E-state index in [9.17, 15) is 0 Å². The smallest absolute Gasteiger partial charge is 0.164 e. The van der Waals surface area contributed by atoms with Crippen molar-refractivity contribution in [3.63, 3.8) is 0 Å². The van der Waals surface area contributed by atoms with Gasteiger partial charge in [-0.15, -0.1) is 0 Å². The number of hydrogen-bond donors (Lipinski definition) is 0. The number of para-hydroxylation sites is 3. The van der Waals surface area contributed by atoms with E-state index in [-0.39, 0.29) is 0 Å². The molecule has 4 heteroatoms. The van der Waals surface area contributed by atoms with Gasteiger partial charge in [0, 0.05) is 33.0 Å². The van der Waals surface area contributed by atoms with Crippen LogP contribution in [0.25, 0.3) is 106 Å². The summed E-state index contributed by atoms with van der Waals surface area (Å²) < 4.78 is 2.40. The lowest BCUT2D eigenvalue weighted by molar-refractivity contribution is 1.07. The standard InChI is InChI=1S/C57H38N4/c1-3-16-41(17-4-1)47-22-7-8-26-51(47)57-59-55(43-18-5-2-6-19-43)58-56(60-57)44-36-32-40(33-37-44)46-21-15-20-45(38-46)39-30-34-42(35-31-39)48-23-9-12-27-52(48)61-53-28-13-10-24-49(53)50-25-11-14-29-54(50)61/h1-38H. The SMILES string of the molecule is c1ccc(-c2nc(-c3ccc(-c4cccc(-c5ccc(-c6ccccc6-n6c7ccccc7c7ccccc76)cc5)c4)cc3)nc(-c3ccccc3-c3ccccc3)n2)cc1. The zero-order valence-corrected chi connectivity index (χ0v) is 33.2. The van der Waals surface area contributed by atoms with Gasteiger partial charge in [0.2, 0.25) is 0 Å². The molecule has 0 spiro atoms. The van der Waals surface area contributed by atoms with Gasteiger partial charge in [0.25, 0.3) is 0 Å². The van der Waals surface area contributed by atoms with Crippen LogP contribution in [0.3, 0.4) is 0 Å². The number of hydrogen-bond acceptors (Lipinski definition) is 3. The van der Waals surface area contributed by atoms with E-state index in [0.717, 1.165) is 44.5 Å². The normalized spacial score (nSPS) is 11.3. The summed E-state index contributed by atoms with van der Waals surface area (Å²) in [7, 11) is 0. The van der Waals surface area contributed by atoms with Crippen molar-refractivity contribution in [1.82, 2.24) is 19.5 Å². The summed E-state index contributed by atoms with van der Waals surface area (Å²) in [5, 5.41) is 2.52. The molecule has 0 saturated heterocycles. The van der Waals surface area contributed by atoms with Gasteiger partial charge in [-0.2, -0.15) is 0 Å². The van der Waals surface area contributed by atoms with Crippen LogP contribution < -0.4 is 0 Å². The molecule has 0 N–H and O–H groups in total. The first-order valence-electron chi connectivity index (χ1n) is 20.6. The fourth-order valence-electron chi connectivity index (χ4n) is 8.52. The highest BCUT2D eigenvalue weighted by atomic mass is 15.0. The quantitative estimate of drug-likeness (QED) is 0.154. The van der Waals surface area contributed by atoms with Gasteiger partial charge in [-0.25, -0.2) is 15.0 Å². The summed E-state index contributed by atoms with van der Waals surface area (Å²) in [4.78, 5) is 15.1. The first-order valence-corrected chi connectivity index (χ1v) is 20.6. The zero-order chi connectivity index (χ0) is 40.5. The minimum atomic E-state index is 0.631. The Morgan fingerprint density at radius 2 is 0.639 bits per heavy atom. The molecule has 0 bridgehead atoms. The van der Waals surface area contributed by atoms with Crippen LogP contribution in [0.2, 0.25) is 0 Å². The maximum atomic E-state index is 5.09. The van der Waals surface area contributed by atoms with Crippen LogP contribution in [-0.4, -0.2) is 19.5 Å². The summed E-state index contributed by atoms with van der Waals surface area (Å²) in [5.74, 6) is 1.91. The van der Waals surface area contributed by atoms with E-state index in [1.165, 1.54) is 44.2 Å². The van der Waals surface area contributed by atoms with Crippen molar-refractivity contribution in [2.45, 2.75) is 0 Å². The van der Waals surface area contributed by atoms with Gasteiger partial charge < -0.3 is 4.57 Å². The first kappa shape index (κ1) is 35.9. The molecule has 2 aromatic heterocycles. The van der Waals surface area contributed by atoms with Crippen LogP contribution in [0.5, 0.6) is 0 Å². The molecule has 11 aromatic rings. The molecular weight excluding hydrogens is 741 g/mol. The molecule has 4 nitrogen and oxygen atoms in total. The Hall–Kier alpha value is -8.21. The highest BCUT2D eigenvalue weighted by molar-refractivity contribution is 6.09. The van der Waals surface area contributed by atoms with Crippen molar-refractivity contribution in [3.8, 4) is 84.4 Å². The van der Waals surface area contributed by atoms with Crippen LogP contribution >= 0.6 is 0 Å². The average Bonchev–Trinajstić information content (AvgIpc) is 3.69. The summed E-state index contributed by atoms with van der Waals surface area (Å²) in [6.07, 6.45) is 0. The van der Waals surface area contributed by atoms with Crippen molar-refractivity contribution in [3.05, 3.63) is 231 Å². The Morgan fingerprint density at radius 3 is 1.25 bits per heavy atom. The molecule has 0 aliphatic heterocycles. The zero-order valence-electron chi connectivity index (χ0n) is 33.2. The molecule has 11 rings (SSSR count). The predicted molar refractivity (Wildman–Crippen MR) is 252 cm³/mol. The summed E-state index contributed by atoms with van der Waals surface area (Å²) in [6, 6.07) is 81.2. The third-order valence-corrected chi connectivity index (χ3v) is 11.5. The van der Waals surface area contributed by atoms with E-state index in [0.29, 0.717) is 17.5 Å². The molecule has 0 aliphatic carbocycles. The van der Waals surface area contributed by atoms with Crippen molar-refractivity contribution in [1.29, 1.82) is 0 Å². The molecule has 61 heavy (non-hydrogen) atoms. The molecule has 0 fully saturated rings. The lowest BCUT2D eigenvalue weighted by atomic mass is 9.96. The predicted octanol–water partition coefficient (Wildman–Crippen LogP) is 14.6. The molecule has 0 atom stereocenters. The number of aromatic nitrogens is 4. The maximum Gasteiger partial charge on any atom is 0.164 e. The monoisotopic (exact) mass is 778 g/mol. The number of nitrogens with zero attached hydrogens (tertiary/aromatic N) is 4. The first-order chi connectivity index (χ1) is 30.2. The van der Waals surface area contributed by atoms with Gasteiger partial charge in [0.1, 0.15) is 0 Å². The second kappa shape index (κ2) is 15.5. The van der Waals surface area contributed by atoms with Gasteiger partial charge in [-0.1, -0.05) is 206 Å². The molecule has 9 aromatic carbocycles. The van der Waals surface area contributed by atoms with Crippen molar-refractivity contribution >= 4 is 21.8 Å². The molecule has 2 heterocycles. The molecule has 0 saturated carbocycles. The fourth-order valence-corrected chi connectivity index (χ4v) is 8.52. The van der Waals surface area contributed by atoms with Crippen LogP contribution in [0, 0.1) is 0 Å². The van der Waals surface area contributed by atoms with Crippen LogP contribution in [0.1, 0.15) is 0 Å². The second-order valence-corrected chi connectivity index (χ2v) is 15.2. The van der Waals surface area contributed by atoms with E-state index in [4.69, 9.17) is 15.0 Å². The van der Waals surface area contributed by atoms with Gasteiger partial charge in [0.15, 0.2) is 17.5 Å². The third kappa shape index (κ3) is 6.76. The minimum absolute atomic E-state index is 0.631. The minimum Gasteiger partial charge on any atom is -0.309 e. The highest BCUT2D eigenvalue weighted by Crippen LogP contribution is 2.38. The lowest BCUT2D eigenvalue weighted by Crippen LogP contribution is -2.01. The van der Waals surface area contributed by atoms with E-state index in [1.54, 1.807) is 0 Å². The third-order valence-electron chi connectivity index (χ3n) is 11.5. The Kier molecular flexibility index (Phi) is 9.14. The second-order valence-electron chi connectivity index (χ2n) is 15.2. The number of benzene rings is 9. The average molecular weight is 779 g/mol. The van der Waals surface area contributed by atoms with Crippen molar-refractivity contribution < 1.29 is 0 Å². The Bertz CT molecular complexity index is 3280. The lowest BCUT2D eigenvalue weighted by Gasteiger charge is -2.14. The van der Waals surface area contributed by atoms with Crippen molar-refractivity contribution in [2.24, 2.45) is 0 Å². The van der Waals surface area contributed by atoms with E-state index in [2.05, 4.69) is 193 Å². The van der Waals surface area contributed by atoms with Crippen LogP contribution in [0.4, 0.5) is 0 Å². The van der Waals surface area contributed by atoms with Crippen LogP contribution in [-0.2, 0) is 0 Å². The van der Waals surface area contributed by atoms with Gasteiger partial charge >= 0.3 is 0 Å². The highest BCUT2D eigenvalue weighted by Gasteiger charge is 2.17. The van der Waals surface area contributed by atoms with E-state index >= 15 is 0 Å². The Balaban J connectivity index is 0.909. The molecule has 0 radical (unpaired) electrons. The molecular formula is C57H38N4.